The lowest BCUT2D eigenvalue weighted by Gasteiger charge is -2.31. The van der Waals surface area contributed by atoms with Gasteiger partial charge in [0.15, 0.2) is 0 Å². The van der Waals surface area contributed by atoms with Crippen LogP contribution < -0.4 is 11.0 Å². The van der Waals surface area contributed by atoms with Crippen LogP contribution in [0.2, 0.25) is 5.02 Å². The van der Waals surface area contributed by atoms with E-state index in [-0.39, 0.29) is 12.6 Å². The van der Waals surface area contributed by atoms with Crippen molar-refractivity contribution in [2.24, 2.45) is 10.9 Å². The summed E-state index contributed by atoms with van der Waals surface area (Å²) >= 11 is 5.99. The van der Waals surface area contributed by atoms with Gasteiger partial charge in [-0.25, -0.2) is 9.79 Å². The molecular formula is C23H21ClN4O3. The lowest BCUT2D eigenvalue weighted by molar-refractivity contribution is -0.146. The molecule has 0 fully saturated rings. The number of ether oxygens (including phenoxy) is 1. The maximum Gasteiger partial charge on any atom is 0.348 e. The molecule has 31 heavy (non-hydrogen) atoms. The van der Waals surface area contributed by atoms with E-state index in [2.05, 4.69) is 20.3 Å². The first-order valence-electron chi connectivity index (χ1n) is 9.91. The molecule has 0 amide bonds. The van der Waals surface area contributed by atoms with Gasteiger partial charge in [-0.2, -0.15) is 4.98 Å². The lowest BCUT2D eigenvalue weighted by Crippen LogP contribution is -2.35. The molecule has 1 aromatic heterocycles. The molecule has 8 heteroatoms. The number of esters is 1. The summed E-state index contributed by atoms with van der Waals surface area (Å²) in [4.78, 5) is 36.7. The van der Waals surface area contributed by atoms with E-state index >= 15 is 0 Å². The van der Waals surface area contributed by atoms with E-state index in [4.69, 9.17) is 16.3 Å². The zero-order valence-electron chi connectivity index (χ0n) is 17.1. The van der Waals surface area contributed by atoms with Crippen LogP contribution in [-0.4, -0.2) is 28.3 Å². The molecule has 2 atom stereocenters. The molecule has 158 valence electrons. The number of halogens is 1. The van der Waals surface area contributed by atoms with Gasteiger partial charge in [-0.15, -0.1) is 0 Å². The Morgan fingerprint density at radius 1 is 1.16 bits per heavy atom. The van der Waals surface area contributed by atoms with Gasteiger partial charge in [0.2, 0.25) is 0 Å². The van der Waals surface area contributed by atoms with Crippen LogP contribution in [0.3, 0.4) is 0 Å². The Balaban J connectivity index is 1.91. The molecule has 3 aromatic rings. The average molecular weight is 437 g/mol. The number of hydrogen-bond acceptors (Lipinski definition) is 6. The number of nitrogens with one attached hydrogen (secondary N) is 2. The van der Waals surface area contributed by atoms with E-state index in [1.54, 1.807) is 38.1 Å². The third-order valence-corrected chi connectivity index (χ3v) is 5.39. The summed E-state index contributed by atoms with van der Waals surface area (Å²) in [5.74, 6) is -0.740. The van der Waals surface area contributed by atoms with Crippen molar-refractivity contribution in [2.45, 2.75) is 19.8 Å². The second kappa shape index (κ2) is 8.73. The van der Waals surface area contributed by atoms with Crippen molar-refractivity contribution in [3.05, 3.63) is 81.2 Å². The second-order valence-corrected chi connectivity index (χ2v) is 7.59. The number of benzene rings is 2. The third-order valence-electron chi connectivity index (χ3n) is 5.14. The number of rotatable bonds is 5. The highest BCUT2D eigenvalue weighted by Gasteiger charge is 2.41. The number of nitrogens with zero attached hydrogens (tertiary/aromatic N) is 2. The lowest BCUT2D eigenvalue weighted by atomic mass is 9.77. The zero-order chi connectivity index (χ0) is 22.0. The van der Waals surface area contributed by atoms with Gasteiger partial charge in [0.25, 0.3) is 0 Å². The van der Waals surface area contributed by atoms with E-state index in [9.17, 15) is 9.59 Å². The van der Waals surface area contributed by atoms with Gasteiger partial charge in [0.05, 0.1) is 6.61 Å². The number of aromatic nitrogens is 2. The van der Waals surface area contributed by atoms with Crippen LogP contribution in [-0.2, 0) is 9.53 Å². The van der Waals surface area contributed by atoms with E-state index < -0.39 is 17.5 Å². The molecule has 2 unspecified atom stereocenters. The van der Waals surface area contributed by atoms with Crippen LogP contribution in [0.15, 0.2) is 64.4 Å². The van der Waals surface area contributed by atoms with Crippen molar-refractivity contribution in [2.75, 3.05) is 11.9 Å². The van der Waals surface area contributed by atoms with Gasteiger partial charge in [-0.05, 0) is 43.7 Å². The normalized spacial score (nSPS) is 17.5. The smallest absolute Gasteiger partial charge is 0.348 e. The van der Waals surface area contributed by atoms with E-state index in [1.807, 2.05) is 30.3 Å². The highest BCUT2D eigenvalue weighted by Crippen LogP contribution is 2.44. The maximum atomic E-state index is 12.9. The van der Waals surface area contributed by atoms with Gasteiger partial charge in [-0.3, -0.25) is 9.78 Å². The van der Waals surface area contributed by atoms with Gasteiger partial charge in [0, 0.05) is 27.9 Å². The van der Waals surface area contributed by atoms with Crippen LogP contribution in [0.1, 0.15) is 30.9 Å². The molecule has 0 bridgehead atoms. The maximum absolute atomic E-state index is 12.9. The molecule has 2 aromatic carbocycles. The monoisotopic (exact) mass is 436 g/mol. The first kappa shape index (κ1) is 20.8. The van der Waals surface area contributed by atoms with Crippen LogP contribution in [0.25, 0.3) is 0 Å². The van der Waals surface area contributed by atoms with Crippen molar-refractivity contribution in [1.82, 2.24) is 9.97 Å². The number of fused-ring (bicyclic) bond motifs is 1. The van der Waals surface area contributed by atoms with Crippen LogP contribution in [0.5, 0.6) is 0 Å². The minimum atomic E-state index is -0.645. The van der Waals surface area contributed by atoms with E-state index in [0.717, 1.165) is 5.56 Å². The molecular weight excluding hydrogens is 416 g/mol. The van der Waals surface area contributed by atoms with E-state index in [1.165, 1.54) is 0 Å². The molecule has 0 saturated carbocycles. The predicted octanol–water partition coefficient (Wildman–Crippen LogP) is 4.58. The van der Waals surface area contributed by atoms with Gasteiger partial charge in [-0.1, -0.05) is 41.9 Å². The quantitative estimate of drug-likeness (QED) is 0.570. The number of aliphatic imine (C=N–C) groups is 1. The summed E-state index contributed by atoms with van der Waals surface area (Å²) in [7, 11) is 0. The van der Waals surface area contributed by atoms with Crippen molar-refractivity contribution < 1.29 is 9.53 Å². The molecule has 0 aliphatic carbocycles. The average Bonchev–Trinajstić information content (AvgIpc) is 2.75. The molecule has 4 rings (SSSR count). The van der Waals surface area contributed by atoms with Crippen molar-refractivity contribution >= 4 is 40.6 Å². The molecule has 0 saturated heterocycles. The molecule has 1 aliphatic rings. The summed E-state index contributed by atoms with van der Waals surface area (Å²) < 4.78 is 5.37. The topological polar surface area (TPSA) is 96.4 Å². The highest BCUT2D eigenvalue weighted by molar-refractivity contribution is 6.30. The fourth-order valence-electron chi connectivity index (χ4n) is 3.83. The van der Waals surface area contributed by atoms with Crippen LogP contribution in [0, 0.1) is 5.92 Å². The number of carbonyl (C=O) groups excluding carboxylic acids is 1. The number of hydrogen-bond donors (Lipinski definition) is 2. The molecule has 2 N–H and O–H groups in total. The Labute approximate surface area is 184 Å². The summed E-state index contributed by atoms with van der Waals surface area (Å²) in [5.41, 5.74) is 2.26. The van der Waals surface area contributed by atoms with Crippen LogP contribution in [0.4, 0.5) is 17.3 Å². The SMILES string of the molecule is CCOC(=O)C1C(C)=Nc2[nH]c(=O)nc(Nc3ccc(Cl)cc3)c2C1c1ccccc1. The van der Waals surface area contributed by atoms with Crippen molar-refractivity contribution in [1.29, 1.82) is 0 Å². The summed E-state index contributed by atoms with van der Waals surface area (Å²) in [6, 6.07) is 16.7. The predicted molar refractivity (Wildman–Crippen MR) is 121 cm³/mol. The molecule has 2 heterocycles. The minimum absolute atomic E-state index is 0.261. The first-order valence-corrected chi connectivity index (χ1v) is 10.3. The third kappa shape index (κ3) is 4.22. The summed E-state index contributed by atoms with van der Waals surface area (Å²) in [6.07, 6.45) is 0. The number of anilines is 2. The second-order valence-electron chi connectivity index (χ2n) is 7.16. The number of H-pyrrole nitrogens is 1. The summed E-state index contributed by atoms with van der Waals surface area (Å²) in [5, 5.41) is 3.79. The van der Waals surface area contributed by atoms with Gasteiger partial charge < -0.3 is 10.1 Å². The molecule has 0 radical (unpaired) electrons. The first-order chi connectivity index (χ1) is 15.0. The molecule has 1 aliphatic heterocycles. The Morgan fingerprint density at radius 2 is 1.87 bits per heavy atom. The van der Waals surface area contributed by atoms with Crippen LogP contribution >= 0.6 is 11.6 Å². The number of aromatic amines is 1. The fraction of sp³-hybridized carbons (Fsp3) is 0.217. The number of carbonyl (C=O) groups is 1. The minimum Gasteiger partial charge on any atom is -0.465 e. The van der Waals surface area contributed by atoms with Crippen molar-refractivity contribution in [3.63, 3.8) is 0 Å². The Hall–Kier alpha value is -3.45. The molecule has 0 spiro atoms. The molecule has 7 nitrogen and oxygen atoms in total. The largest absolute Gasteiger partial charge is 0.465 e. The zero-order valence-corrected chi connectivity index (χ0v) is 17.8. The van der Waals surface area contributed by atoms with Gasteiger partial charge in [0.1, 0.15) is 17.6 Å². The van der Waals surface area contributed by atoms with E-state index in [0.29, 0.717) is 33.6 Å². The van der Waals surface area contributed by atoms with Crippen molar-refractivity contribution in [3.8, 4) is 0 Å². The Kier molecular flexibility index (Phi) is 5.86. The highest BCUT2D eigenvalue weighted by atomic mass is 35.5. The fourth-order valence-corrected chi connectivity index (χ4v) is 3.96. The van der Waals surface area contributed by atoms with Gasteiger partial charge >= 0.3 is 11.7 Å². The standard InChI is InChI=1S/C23H21ClN4O3/c1-3-31-22(29)17-13(2)25-20-19(18(17)14-7-5-4-6-8-14)21(28-23(30)27-20)26-16-11-9-15(24)10-12-16/h4-12,17-18H,3H2,1-2H3,(H2,26,27,28,30). The Bertz CT molecular complexity index is 1190. The summed E-state index contributed by atoms with van der Waals surface area (Å²) in [6.45, 7) is 3.80. The Morgan fingerprint density at radius 3 is 2.55 bits per heavy atom.